The van der Waals surface area contributed by atoms with Gasteiger partial charge in [-0.05, 0) is 32.9 Å². The zero-order chi connectivity index (χ0) is 11.7. The second kappa shape index (κ2) is 4.22. The molecule has 2 rings (SSSR count). The summed E-state index contributed by atoms with van der Waals surface area (Å²) in [6.07, 6.45) is 2.56. The molecule has 0 aliphatic rings. The van der Waals surface area contributed by atoms with Crippen molar-refractivity contribution in [1.82, 2.24) is 14.5 Å². The molecule has 0 aromatic carbocycles. The van der Waals surface area contributed by atoms with Crippen LogP contribution in [0.15, 0.2) is 18.3 Å². The zero-order valence-corrected chi connectivity index (χ0v) is 10.0. The van der Waals surface area contributed by atoms with Crippen molar-refractivity contribution >= 4 is 11.2 Å². The van der Waals surface area contributed by atoms with Crippen LogP contribution >= 0.6 is 0 Å². The average Bonchev–Trinajstić information content (AvgIpc) is 2.53. The molecule has 0 radical (unpaired) electrons. The fraction of sp³-hybridized carbons (Fsp3) is 0.500. The van der Waals surface area contributed by atoms with Crippen molar-refractivity contribution in [1.29, 1.82) is 0 Å². The lowest BCUT2D eigenvalue weighted by Gasteiger charge is -2.13. The van der Waals surface area contributed by atoms with E-state index in [4.69, 9.17) is 5.73 Å². The van der Waals surface area contributed by atoms with Crippen LogP contribution in [0.1, 0.15) is 32.6 Å². The number of nitrogens with two attached hydrogens (primary N) is 1. The van der Waals surface area contributed by atoms with E-state index in [0.717, 1.165) is 23.4 Å². The minimum absolute atomic E-state index is 0.120. The van der Waals surface area contributed by atoms with Crippen molar-refractivity contribution in [2.24, 2.45) is 5.73 Å². The van der Waals surface area contributed by atoms with Gasteiger partial charge in [0, 0.05) is 24.7 Å². The maximum Gasteiger partial charge on any atom is 0.177 e. The lowest BCUT2D eigenvalue weighted by atomic mass is 10.2. The fourth-order valence-electron chi connectivity index (χ4n) is 1.99. The zero-order valence-electron chi connectivity index (χ0n) is 10.0. The monoisotopic (exact) mass is 218 g/mol. The Kier molecular flexibility index (Phi) is 2.92. The van der Waals surface area contributed by atoms with Crippen LogP contribution in [0, 0.1) is 0 Å². The standard InChI is InChI=1S/C12H18N4/c1-8(2)16-10-5-4-6-14-12(10)15-11(16)7-9(3)13/h4-6,8-9H,7,13H2,1-3H3. The predicted molar refractivity (Wildman–Crippen MR) is 65.3 cm³/mol. The van der Waals surface area contributed by atoms with E-state index in [1.807, 2.05) is 13.0 Å². The van der Waals surface area contributed by atoms with Gasteiger partial charge in [-0.25, -0.2) is 9.97 Å². The van der Waals surface area contributed by atoms with Gasteiger partial charge in [-0.2, -0.15) is 0 Å². The van der Waals surface area contributed by atoms with E-state index in [-0.39, 0.29) is 6.04 Å². The van der Waals surface area contributed by atoms with Crippen molar-refractivity contribution in [3.63, 3.8) is 0 Å². The molecule has 0 fully saturated rings. The molecule has 0 spiro atoms. The minimum Gasteiger partial charge on any atom is -0.328 e. The Morgan fingerprint density at radius 2 is 2.12 bits per heavy atom. The molecule has 2 aromatic heterocycles. The lowest BCUT2D eigenvalue weighted by Crippen LogP contribution is -2.21. The molecule has 2 N–H and O–H groups in total. The third-order valence-electron chi connectivity index (χ3n) is 2.56. The van der Waals surface area contributed by atoms with Crippen LogP contribution in [0.4, 0.5) is 0 Å². The van der Waals surface area contributed by atoms with Gasteiger partial charge in [-0.15, -0.1) is 0 Å². The summed E-state index contributed by atoms with van der Waals surface area (Å²) in [6, 6.07) is 4.50. The first kappa shape index (κ1) is 11.1. The largest absolute Gasteiger partial charge is 0.328 e. The van der Waals surface area contributed by atoms with Crippen LogP contribution in [0.2, 0.25) is 0 Å². The highest BCUT2D eigenvalue weighted by atomic mass is 15.1. The van der Waals surface area contributed by atoms with Gasteiger partial charge in [-0.1, -0.05) is 0 Å². The molecule has 0 aliphatic carbocycles. The molecule has 0 aliphatic heterocycles. The molecule has 0 bridgehead atoms. The highest BCUT2D eigenvalue weighted by Gasteiger charge is 2.14. The topological polar surface area (TPSA) is 56.7 Å². The van der Waals surface area contributed by atoms with Crippen molar-refractivity contribution in [2.45, 2.75) is 39.3 Å². The quantitative estimate of drug-likeness (QED) is 0.856. The summed E-state index contributed by atoms with van der Waals surface area (Å²) in [4.78, 5) is 8.83. The van der Waals surface area contributed by atoms with Gasteiger partial charge in [0.05, 0.1) is 5.52 Å². The molecule has 0 saturated carbocycles. The van der Waals surface area contributed by atoms with Crippen LogP contribution < -0.4 is 5.73 Å². The normalized spacial score (nSPS) is 13.6. The molecule has 0 saturated heterocycles. The number of nitrogens with zero attached hydrogens (tertiary/aromatic N) is 3. The predicted octanol–water partition coefficient (Wildman–Crippen LogP) is 1.90. The van der Waals surface area contributed by atoms with Gasteiger partial charge < -0.3 is 10.3 Å². The summed E-state index contributed by atoms with van der Waals surface area (Å²) < 4.78 is 2.21. The fourth-order valence-corrected chi connectivity index (χ4v) is 1.99. The van der Waals surface area contributed by atoms with Crippen molar-refractivity contribution in [3.8, 4) is 0 Å². The number of rotatable bonds is 3. The lowest BCUT2D eigenvalue weighted by molar-refractivity contribution is 0.564. The van der Waals surface area contributed by atoms with Gasteiger partial charge in [-0.3, -0.25) is 0 Å². The van der Waals surface area contributed by atoms with Gasteiger partial charge >= 0.3 is 0 Å². The summed E-state index contributed by atoms with van der Waals surface area (Å²) in [7, 11) is 0. The Morgan fingerprint density at radius 3 is 2.75 bits per heavy atom. The Balaban J connectivity index is 2.58. The van der Waals surface area contributed by atoms with Gasteiger partial charge in [0.15, 0.2) is 5.65 Å². The van der Waals surface area contributed by atoms with Gasteiger partial charge in [0.25, 0.3) is 0 Å². The first-order valence-electron chi connectivity index (χ1n) is 5.67. The summed E-state index contributed by atoms with van der Waals surface area (Å²) in [6.45, 7) is 6.30. The van der Waals surface area contributed by atoms with E-state index in [2.05, 4.69) is 34.4 Å². The molecule has 86 valence electrons. The van der Waals surface area contributed by atoms with E-state index in [9.17, 15) is 0 Å². The molecular formula is C12H18N4. The van der Waals surface area contributed by atoms with E-state index >= 15 is 0 Å². The molecular weight excluding hydrogens is 200 g/mol. The molecule has 16 heavy (non-hydrogen) atoms. The highest BCUT2D eigenvalue weighted by Crippen LogP contribution is 2.19. The number of hydrogen-bond acceptors (Lipinski definition) is 3. The number of fused-ring (bicyclic) bond motifs is 1. The maximum atomic E-state index is 5.84. The maximum absolute atomic E-state index is 5.84. The Labute approximate surface area is 95.5 Å². The van der Waals surface area contributed by atoms with Crippen LogP contribution in [-0.2, 0) is 6.42 Å². The molecule has 1 unspecified atom stereocenters. The molecule has 0 amide bonds. The third kappa shape index (κ3) is 1.93. The van der Waals surface area contributed by atoms with Crippen LogP contribution in [-0.4, -0.2) is 20.6 Å². The van der Waals surface area contributed by atoms with Crippen molar-refractivity contribution < 1.29 is 0 Å². The second-order valence-electron chi connectivity index (χ2n) is 4.52. The van der Waals surface area contributed by atoms with Gasteiger partial charge in [0.1, 0.15) is 5.82 Å². The third-order valence-corrected chi connectivity index (χ3v) is 2.56. The first-order chi connectivity index (χ1) is 7.59. The Bertz CT molecular complexity index is 485. The van der Waals surface area contributed by atoms with Crippen LogP contribution in [0.3, 0.4) is 0 Å². The average molecular weight is 218 g/mol. The van der Waals surface area contributed by atoms with Crippen molar-refractivity contribution in [2.75, 3.05) is 0 Å². The Hall–Kier alpha value is -1.42. The summed E-state index contributed by atoms with van der Waals surface area (Å²) in [5.41, 5.74) is 7.74. The molecule has 4 nitrogen and oxygen atoms in total. The van der Waals surface area contributed by atoms with E-state index in [1.54, 1.807) is 6.20 Å². The van der Waals surface area contributed by atoms with E-state index in [1.165, 1.54) is 0 Å². The SMILES string of the molecule is CC(N)Cc1nc2ncccc2n1C(C)C. The number of pyridine rings is 1. The number of hydrogen-bond donors (Lipinski definition) is 1. The number of aromatic nitrogens is 3. The van der Waals surface area contributed by atoms with E-state index in [0.29, 0.717) is 6.04 Å². The molecule has 1 atom stereocenters. The van der Waals surface area contributed by atoms with Gasteiger partial charge in [0.2, 0.25) is 0 Å². The molecule has 4 heteroatoms. The smallest absolute Gasteiger partial charge is 0.177 e. The number of imidazole rings is 1. The second-order valence-corrected chi connectivity index (χ2v) is 4.52. The van der Waals surface area contributed by atoms with Crippen LogP contribution in [0.25, 0.3) is 11.2 Å². The highest BCUT2D eigenvalue weighted by molar-refractivity contribution is 5.71. The summed E-state index contributed by atoms with van der Waals surface area (Å²) in [5, 5.41) is 0. The first-order valence-corrected chi connectivity index (χ1v) is 5.67. The summed E-state index contributed by atoms with van der Waals surface area (Å²) >= 11 is 0. The van der Waals surface area contributed by atoms with E-state index < -0.39 is 0 Å². The summed E-state index contributed by atoms with van der Waals surface area (Å²) in [5.74, 6) is 1.03. The van der Waals surface area contributed by atoms with Crippen molar-refractivity contribution in [3.05, 3.63) is 24.2 Å². The molecule has 2 aromatic rings. The Morgan fingerprint density at radius 1 is 1.38 bits per heavy atom. The van der Waals surface area contributed by atoms with Crippen LogP contribution in [0.5, 0.6) is 0 Å². The minimum atomic E-state index is 0.120. The molecule has 2 heterocycles.